The van der Waals surface area contributed by atoms with E-state index in [0.717, 1.165) is 24.7 Å². The molecule has 0 saturated heterocycles. The number of esters is 1. The number of hydrogen-bond donors (Lipinski definition) is 0. The molecule has 3 unspecified atom stereocenters. The number of unbranched alkanes of at least 4 members (excludes halogenated alkanes) is 6. The Hall–Kier alpha value is -0.790. The van der Waals surface area contributed by atoms with Gasteiger partial charge < -0.3 is 4.74 Å². The molecule has 0 spiro atoms. The van der Waals surface area contributed by atoms with Crippen molar-refractivity contribution in [2.24, 2.45) is 17.8 Å². The Kier molecular flexibility index (Phi) is 14.1. The van der Waals surface area contributed by atoms with E-state index < -0.39 is 0 Å². The first-order valence-corrected chi connectivity index (χ1v) is 10.2. The second kappa shape index (κ2) is 14.5. The van der Waals surface area contributed by atoms with E-state index in [4.69, 9.17) is 4.74 Å². The minimum absolute atomic E-state index is 0.261. The molecular formula is C22H42O2. The quantitative estimate of drug-likeness (QED) is 0.184. The Labute approximate surface area is 151 Å². The zero-order valence-electron chi connectivity index (χ0n) is 17.0. The maximum Gasteiger partial charge on any atom is 0.333 e. The first-order chi connectivity index (χ1) is 11.4. The highest BCUT2D eigenvalue weighted by Crippen LogP contribution is 2.28. The van der Waals surface area contributed by atoms with E-state index in [1.807, 2.05) is 0 Å². The Balaban J connectivity index is 3.72. The Morgan fingerprint density at radius 2 is 1.38 bits per heavy atom. The van der Waals surface area contributed by atoms with Gasteiger partial charge >= 0.3 is 5.97 Å². The molecule has 0 radical (unpaired) electrons. The van der Waals surface area contributed by atoms with Crippen molar-refractivity contribution in [3.8, 4) is 0 Å². The average Bonchev–Trinajstić information content (AvgIpc) is 2.56. The third kappa shape index (κ3) is 11.7. The average molecular weight is 339 g/mol. The van der Waals surface area contributed by atoms with E-state index in [1.165, 1.54) is 51.4 Å². The van der Waals surface area contributed by atoms with Crippen molar-refractivity contribution >= 4 is 5.97 Å². The SMILES string of the molecule is C=C(C)C(=O)OCCCC(C)C(C)C(C)CCCCCCCCC. The van der Waals surface area contributed by atoms with Gasteiger partial charge in [0.25, 0.3) is 0 Å². The number of ether oxygens (including phenoxy) is 1. The molecule has 0 aromatic heterocycles. The van der Waals surface area contributed by atoms with Crippen molar-refractivity contribution in [3.05, 3.63) is 12.2 Å². The summed E-state index contributed by atoms with van der Waals surface area (Å²) in [4.78, 5) is 11.3. The molecule has 2 nitrogen and oxygen atoms in total. The molecule has 3 atom stereocenters. The second-order valence-corrected chi connectivity index (χ2v) is 7.78. The minimum atomic E-state index is -0.261. The molecule has 0 heterocycles. The van der Waals surface area contributed by atoms with Crippen LogP contribution in [0.1, 0.15) is 98.8 Å². The van der Waals surface area contributed by atoms with Crippen LogP contribution in [0.15, 0.2) is 12.2 Å². The summed E-state index contributed by atoms with van der Waals surface area (Å²) in [6.07, 6.45) is 13.2. The van der Waals surface area contributed by atoms with E-state index in [1.54, 1.807) is 6.92 Å². The Morgan fingerprint density at radius 3 is 1.92 bits per heavy atom. The van der Waals surface area contributed by atoms with Crippen LogP contribution in [0.2, 0.25) is 0 Å². The third-order valence-corrected chi connectivity index (χ3v) is 5.44. The summed E-state index contributed by atoms with van der Waals surface area (Å²) in [6, 6.07) is 0. The molecule has 0 bridgehead atoms. The molecule has 0 aliphatic heterocycles. The summed E-state index contributed by atoms with van der Waals surface area (Å²) in [5.41, 5.74) is 0.486. The maximum atomic E-state index is 11.3. The van der Waals surface area contributed by atoms with Crippen LogP contribution in [0.4, 0.5) is 0 Å². The highest BCUT2D eigenvalue weighted by atomic mass is 16.5. The molecule has 0 aliphatic carbocycles. The van der Waals surface area contributed by atoms with Crippen LogP contribution in [0.25, 0.3) is 0 Å². The van der Waals surface area contributed by atoms with Gasteiger partial charge in [-0.05, 0) is 37.5 Å². The van der Waals surface area contributed by atoms with E-state index in [0.29, 0.717) is 18.1 Å². The number of rotatable bonds is 15. The fourth-order valence-corrected chi connectivity index (χ4v) is 3.20. The highest BCUT2D eigenvalue weighted by molar-refractivity contribution is 5.86. The molecule has 0 aromatic carbocycles. The van der Waals surface area contributed by atoms with Crippen molar-refractivity contribution in [2.45, 2.75) is 98.8 Å². The van der Waals surface area contributed by atoms with Crippen LogP contribution in [0, 0.1) is 17.8 Å². The minimum Gasteiger partial charge on any atom is -0.462 e. The van der Waals surface area contributed by atoms with E-state index >= 15 is 0 Å². The van der Waals surface area contributed by atoms with Crippen molar-refractivity contribution in [2.75, 3.05) is 6.61 Å². The number of carbonyl (C=O) groups excluding carboxylic acids is 1. The van der Waals surface area contributed by atoms with Gasteiger partial charge in [-0.15, -0.1) is 0 Å². The summed E-state index contributed by atoms with van der Waals surface area (Å²) in [5, 5.41) is 0. The van der Waals surface area contributed by atoms with Gasteiger partial charge in [0, 0.05) is 5.57 Å². The van der Waals surface area contributed by atoms with Crippen molar-refractivity contribution < 1.29 is 9.53 Å². The Morgan fingerprint density at radius 1 is 0.875 bits per heavy atom. The fraction of sp³-hybridized carbons (Fsp3) is 0.864. The lowest BCUT2D eigenvalue weighted by Crippen LogP contribution is -2.17. The summed E-state index contributed by atoms with van der Waals surface area (Å²) in [6.45, 7) is 15.2. The smallest absolute Gasteiger partial charge is 0.333 e. The van der Waals surface area contributed by atoms with Crippen LogP contribution < -0.4 is 0 Å². The third-order valence-electron chi connectivity index (χ3n) is 5.44. The van der Waals surface area contributed by atoms with Gasteiger partial charge in [0.1, 0.15) is 0 Å². The largest absolute Gasteiger partial charge is 0.462 e. The van der Waals surface area contributed by atoms with Crippen molar-refractivity contribution in [3.63, 3.8) is 0 Å². The molecule has 0 rings (SSSR count). The van der Waals surface area contributed by atoms with Crippen molar-refractivity contribution in [1.29, 1.82) is 0 Å². The van der Waals surface area contributed by atoms with Gasteiger partial charge in [0.05, 0.1) is 6.61 Å². The summed E-state index contributed by atoms with van der Waals surface area (Å²) in [7, 11) is 0. The van der Waals surface area contributed by atoms with Gasteiger partial charge in [0.15, 0.2) is 0 Å². The maximum absolute atomic E-state index is 11.3. The van der Waals surface area contributed by atoms with Crippen LogP contribution in [-0.2, 0) is 9.53 Å². The lowest BCUT2D eigenvalue weighted by Gasteiger charge is -2.26. The summed E-state index contributed by atoms with van der Waals surface area (Å²) in [5.74, 6) is 1.95. The molecule has 0 aromatic rings. The molecule has 0 aliphatic rings. The summed E-state index contributed by atoms with van der Waals surface area (Å²) < 4.78 is 5.18. The predicted molar refractivity (Wildman–Crippen MR) is 105 cm³/mol. The normalized spacial score (nSPS) is 14.9. The van der Waals surface area contributed by atoms with Gasteiger partial charge in [-0.1, -0.05) is 85.6 Å². The highest BCUT2D eigenvalue weighted by Gasteiger charge is 2.18. The number of hydrogen-bond acceptors (Lipinski definition) is 2. The van der Waals surface area contributed by atoms with Gasteiger partial charge in [-0.3, -0.25) is 0 Å². The second-order valence-electron chi connectivity index (χ2n) is 7.78. The fourth-order valence-electron chi connectivity index (χ4n) is 3.20. The topological polar surface area (TPSA) is 26.3 Å². The predicted octanol–water partition coefficient (Wildman–Crippen LogP) is 6.93. The van der Waals surface area contributed by atoms with Crippen LogP contribution in [-0.4, -0.2) is 12.6 Å². The Bertz CT molecular complexity index is 335. The first kappa shape index (κ1) is 23.2. The molecule has 0 N–H and O–H groups in total. The lowest BCUT2D eigenvalue weighted by atomic mass is 9.80. The molecule has 0 fully saturated rings. The molecule has 2 heteroatoms. The standard InChI is InChI=1S/C22H42O2/c1-7-8-9-10-11-12-13-15-19(4)21(6)20(5)16-14-17-24-22(23)18(2)3/h19-21H,2,7-17H2,1,3-6H3. The monoisotopic (exact) mass is 338 g/mol. The first-order valence-electron chi connectivity index (χ1n) is 10.2. The molecule has 24 heavy (non-hydrogen) atoms. The zero-order chi connectivity index (χ0) is 18.4. The van der Waals surface area contributed by atoms with Crippen LogP contribution in [0.3, 0.4) is 0 Å². The van der Waals surface area contributed by atoms with E-state index in [-0.39, 0.29) is 5.97 Å². The van der Waals surface area contributed by atoms with Gasteiger partial charge in [-0.25, -0.2) is 4.79 Å². The lowest BCUT2D eigenvalue weighted by molar-refractivity contribution is -0.139. The molecule has 0 amide bonds. The van der Waals surface area contributed by atoms with Crippen molar-refractivity contribution in [1.82, 2.24) is 0 Å². The number of carbonyl (C=O) groups is 1. The van der Waals surface area contributed by atoms with E-state index in [9.17, 15) is 4.79 Å². The van der Waals surface area contributed by atoms with Gasteiger partial charge in [-0.2, -0.15) is 0 Å². The summed E-state index contributed by atoms with van der Waals surface area (Å²) >= 11 is 0. The van der Waals surface area contributed by atoms with E-state index in [2.05, 4.69) is 34.3 Å². The molecule has 0 saturated carbocycles. The van der Waals surface area contributed by atoms with Gasteiger partial charge in [0.2, 0.25) is 0 Å². The zero-order valence-corrected chi connectivity index (χ0v) is 17.0. The van der Waals surface area contributed by atoms with Crippen LogP contribution >= 0.6 is 0 Å². The van der Waals surface area contributed by atoms with Crippen LogP contribution in [0.5, 0.6) is 0 Å². The molecule has 142 valence electrons. The molecular weight excluding hydrogens is 296 g/mol.